The van der Waals surface area contributed by atoms with Crippen molar-refractivity contribution in [3.8, 4) is 0 Å². The van der Waals surface area contributed by atoms with Crippen LogP contribution in [0, 0.1) is 11.8 Å². The fraction of sp³-hybridized carbons (Fsp3) is 0.538. The van der Waals surface area contributed by atoms with E-state index in [-0.39, 0.29) is 17.6 Å². The molecule has 3 atom stereocenters. The molecule has 0 saturated heterocycles. The van der Waals surface area contributed by atoms with Gasteiger partial charge in [-0.25, -0.2) is 4.98 Å². The van der Waals surface area contributed by atoms with Crippen molar-refractivity contribution in [2.24, 2.45) is 11.8 Å². The summed E-state index contributed by atoms with van der Waals surface area (Å²) in [5.41, 5.74) is 5.82. The van der Waals surface area contributed by atoms with Crippen LogP contribution in [0.15, 0.2) is 12.1 Å². The minimum absolute atomic E-state index is 0.204. The highest BCUT2D eigenvalue weighted by Crippen LogP contribution is 2.44. The Hall–Kier alpha value is -1.29. The highest BCUT2D eigenvalue weighted by molar-refractivity contribution is 6.33. The fourth-order valence-electron chi connectivity index (χ4n) is 3.27. The van der Waals surface area contributed by atoms with Gasteiger partial charge < -0.3 is 11.1 Å². The molecule has 0 aromatic carbocycles. The summed E-state index contributed by atoms with van der Waals surface area (Å²) in [7, 11) is 0. The number of nitrogen functional groups attached to an aromatic ring is 1. The van der Waals surface area contributed by atoms with Gasteiger partial charge in [0.05, 0.1) is 5.02 Å². The Bertz CT molecular complexity index is 491. The minimum atomic E-state index is -0.204. The second-order valence-corrected chi connectivity index (χ2v) is 5.73. The lowest BCUT2D eigenvalue weighted by molar-refractivity contribution is 0.0918. The van der Waals surface area contributed by atoms with Gasteiger partial charge in [-0.15, -0.1) is 0 Å². The van der Waals surface area contributed by atoms with Crippen LogP contribution in [0.2, 0.25) is 5.02 Å². The highest BCUT2D eigenvalue weighted by atomic mass is 35.5. The van der Waals surface area contributed by atoms with Crippen LogP contribution in [-0.2, 0) is 0 Å². The average Bonchev–Trinajstić information content (AvgIpc) is 2.94. The highest BCUT2D eigenvalue weighted by Gasteiger charge is 2.40. The van der Waals surface area contributed by atoms with Crippen LogP contribution < -0.4 is 11.1 Å². The second kappa shape index (κ2) is 4.43. The van der Waals surface area contributed by atoms with Crippen molar-refractivity contribution >= 4 is 23.3 Å². The van der Waals surface area contributed by atoms with Gasteiger partial charge in [-0.1, -0.05) is 18.0 Å². The molecule has 2 aliphatic rings. The van der Waals surface area contributed by atoms with Gasteiger partial charge in [-0.05, 0) is 43.2 Å². The molecule has 2 fully saturated rings. The topological polar surface area (TPSA) is 68.0 Å². The smallest absolute Gasteiger partial charge is 0.271 e. The van der Waals surface area contributed by atoms with E-state index in [0.29, 0.717) is 16.8 Å². The predicted molar refractivity (Wildman–Crippen MR) is 70.4 cm³/mol. The summed E-state index contributed by atoms with van der Waals surface area (Å²) >= 11 is 5.98. The van der Waals surface area contributed by atoms with Crippen molar-refractivity contribution in [3.05, 3.63) is 22.8 Å². The van der Waals surface area contributed by atoms with Crippen molar-refractivity contribution in [1.29, 1.82) is 0 Å². The molecule has 5 heteroatoms. The number of amides is 1. The molecule has 0 spiro atoms. The molecule has 4 nitrogen and oxygen atoms in total. The molecule has 1 heterocycles. The van der Waals surface area contributed by atoms with E-state index in [1.54, 1.807) is 12.1 Å². The maximum Gasteiger partial charge on any atom is 0.271 e. The van der Waals surface area contributed by atoms with E-state index in [9.17, 15) is 4.79 Å². The van der Waals surface area contributed by atoms with E-state index < -0.39 is 0 Å². The summed E-state index contributed by atoms with van der Waals surface area (Å²) in [5.74, 6) is 1.55. The number of nitrogens with one attached hydrogen (secondary N) is 1. The number of carbonyl (C=O) groups excluding carboxylic acids is 1. The standard InChI is InChI=1S/C13H16ClN3O/c14-9-3-4-11(15)17-12(9)13(18)16-10-6-7-1-2-8(10)5-7/h3-4,7-8,10H,1-2,5-6H2,(H2,15,17)(H,16,18). The van der Waals surface area contributed by atoms with E-state index in [0.717, 1.165) is 12.3 Å². The molecule has 1 amide bonds. The molecular weight excluding hydrogens is 250 g/mol. The van der Waals surface area contributed by atoms with Crippen LogP contribution in [0.1, 0.15) is 36.2 Å². The van der Waals surface area contributed by atoms with Crippen LogP contribution in [0.4, 0.5) is 5.82 Å². The van der Waals surface area contributed by atoms with E-state index in [2.05, 4.69) is 10.3 Å². The van der Waals surface area contributed by atoms with E-state index in [1.807, 2.05) is 0 Å². The number of halogens is 1. The zero-order valence-corrected chi connectivity index (χ0v) is 10.8. The number of anilines is 1. The lowest BCUT2D eigenvalue weighted by Gasteiger charge is -2.22. The molecule has 2 aliphatic carbocycles. The van der Waals surface area contributed by atoms with Crippen molar-refractivity contribution in [1.82, 2.24) is 10.3 Å². The van der Waals surface area contributed by atoms with Crippen molar-refractivity contribution in [2.75, 3.05) is 5.73 Å². The van der Waals surface area contributed by atoms with Crippen LogP contribution in [-0.4, -0.2) is 16.9 Å². The summed E-state index contributed by atoms with van der Waals surface area (Å²) in [6.45, 7) is 0. The molecule has 18 heavy (non-hydrogen) atoms. The molecular formula is C13H16ClN3O. The molecule has 1 aromatic heterocycles. The molecule has 3 N–H and O–H groups in total. The summed E-state index contributed by atoms with van der Waals surface area (Å²) in [4.78, 5) is 16.1. The third-order valence-electron chi connectivity index (χ3n) is 4.14. The molecule has 0 aliphatic heterocycles. The van der Waals surface area contributed by atoms with Crippen molar-refractivity contribution in [3.63, 3.8) is 0 Å². The van der Waals surface area contributed by atoms with E-state index >= 15 is 0 Å². The normalized spacial score (nSPS) is 29.5. The minimum Gasteiger partial charge on any atom is -0.384 e. The Kier molecular flexibility index (Phi) is 2.90. The second-order valence-electron chi connectivity index (χ2n) is 5.32. The summed E-state index contributed by atoms with van der Waals surface area (Å²) < 4.78 is 0. The van der Waals surface area contributed by atoms with Crippen LogP contribution in [0.5, 0.6) is 0 Å². The third kappa shape index (κ3) is 2.05. The number of carbonyl (C=O) groups is 1. The number of nitrogens with zero attached hydrogens (tertiary/aromatic N) is 1. The number of hydrogen-bond donors (Lipinski definition) is 2. The Labute approximate surface area is 111 Å². The molecule has 3 unspecified atom stereocenters. The van der Waals surface area contributed by atoms with Gasteiger partial charge in [0, 0.05) is 6.04 Å². The molecule has 2 bridgehead atoms. The number of pyridine rings is 1. The largest absolute Gasteiger partial charge is 0.384 e. The van der Waals surface area contributed by atoms with Gasteiger partial charge in [0.15, 0.2) is 0 Å². The SMILES string of the molecule is Nc1ccc(Cl)c(C(=O)NC2CC3CCC2C3)n1. The van der Waals surface area contributed by atoms with Crippen LogP contribution >= 0.6 is 11.6 Å². The first-order valence-corrected chi connectivity index (χ1v) is 6.74. The molecule has 2 saturated carbocycles. The number of fused-ring (bicyclic) bond motifs is 2. The molecule has 3 rings (SSSR count). The Morgan fingerprint density at radius 1 is 1.39 bits per heavy atom. The third-order valence-corrected chi connectivity index (χ3v) is 4.44. The molecule has 96 valence electrons. The Balaban J connectivity index is 1.73. The summed E-state index contributed by atoms with van der Waals surface area (Å²) in [6, 6.07) is 3.49. The van der Waals surface area contributed by atoms with Crippen LogP contribution in [0.25, 0.3) is 0 Å². The number of nitrogens with two attached hydrogens (primary N) is 1. The Morgan fingerprint density at radius 2 is 2.22 bits per heavy atom. The van der Waals surface area contributed by atoms with Gasteiger partial charge in [0.25, 0.3) is 5.91 Å². The van der Waals surface area contributed by atoms with Gasteiger partial charge in [-0.2, -0.15) is 0 Å². The van der Waals surface area contributed by atoms with Gasteiger partial charge in [0.2, 0.25) is 0 Å². The van der Waals surface area contributed by atoms with Gasteiger partial charge >= 0.3 is 0 Å². The Morgan fingerprint density at radius 3 is 2.89 bits per heavy atom. The van der Waals surface area contributed by atoms with Crippen molar-refractivity contribution in [2.45, 2.75) is 31.7 Å². The van der Waals surface area contributed by atoms with E-state index in [1.165, 1.54) is 19.3 Å². The number of hydrogen-bond acceptors (Lipinski definition) is 3. The quantitative estimate of drug-likeness (QED) is 0.862. The number of aromatic nitrogens is 1. The summed E-state index contributed by atoms with van der Waals surface area (Å²) in [6.07, 6.45) is 4.89. The first-order chi connectivity index (χ1) is 8.63. The molecule has 1 aromatic rings. The van der Waals surface area contributed by atoms with Gasteiger partial charge in [-0.3, -0.25) is 4.79 Å². The van der Waals surface area contributed by atoms with Crippen molar-refractivity contribution < 1.29 is 4.79 Å². The first kappa shape index (κ1) is 11.8. The lowest BCUT2D eigenvalue weighted by atomic mass is 9.95. The maximum atomic E-state index is 12.1. The van der Waals surface area contributed by atoms with E-state index in [4.69, 9.17) is 17.3 Å². The zero-order valence-electron chi connectivity index (χ0n) is 10.0. The monoisotopic (exact) mass is 265 g/mol. The number of rotatable bonds is 2. The average molecular weight is 266 g/mol. The fourth-order valence-corrected chi connectivity index (χ4v) is 3.47. The maximum absolute atomic E-state index is 12.1. The first-order valence-electron chi connectivity index (χ1n) is 6.36. The molecule has 0 radical (unpaired) electrons. The van der Waals surface area contributed by atoms with Gasteiger partial charge in [0.1, 0.15) is 11.5 Å². The lowest BCUT2D eigenvalue weighted by Crippen LogP contribution is -2.39. The van der Waals surface area contributed by atoms with Crippen LogP contribution in [0.3, 0.4) is 0 Å². The predicted octanol–water partition coefficient (Wildman–Crippen LogP) is 2.24. The zero-order chi connectivity index (χ0) is 12.7. The summed E-state index contributed by atoms with van der Waals surface area (Å²) in [5, 5.41) is 3.40.